The van der Waals surface area contributed by atoms with Gasteiger partial charge in [-0.3, -0.25) is 9.78 Å². The van der Waals surface area contributed by atoms with Crippen molar-refractivity contribution < 1.29 is 10.0 Å². The average Bonchev–Trinajstić information content (AvgIpc) is 2.78. The van der Waals surface area contributed by atoms with Gasteiger partial charge >= 0.3 is 0 Å². The summed E-state index contributed by atoms with van der Waals surface area (Å²) in [4.78, 5) is 20.3. The predicted molar refractivity (Wildman–Crippen MR) is 69.3 cm³/mol. The highest BCUT2D eigenvalue weighted by atomic mass is 16.5. The molecule has 0 fully saturated rings. The molecule has 1 N–H and O–H groups in total. The van der Waals surface area contributed by atoms with E-state index in [1.165, 1.54) is 0 Å². The Morgan fingerprint density at radius 2 is 2.26 bits per heavy atom. The van der Waals surface area contributed by atoms with Gasteiger partial charge in [0.1, 0.15) is 11.4 Å². The summed E-state index contributed by atoms with van der Waals surface area (Å²) >= 11 is 0. The molecule has 0 unspecified atom stereocenters. The van der Waals surface area contributed by atoms with Crippen LogP contribution in [-0.2, 0) is 12.8 Å². The summed E-state index contributed by atoms with van der Waals surface area (Å²) in [6.07, 6.45) is 4.54. The predicted octanol–water partition coefficient (Wildman–Crippen LogP) is 2.26. The topological polar surface area (TPSA) is 68.0 Å². The van der Waals surface area contributed by atoms with Gasteiger partial charge in [-0.2, -0.15) is 4.73 Å². The molecule has 5 nitrogen and oxygen atoms in total. The molecule has 0 amide bonds. The molecule has 1 aliphatic rings. The van der Waals surface area contributed by atoms with Crippen molar-refractivity contribution in [3.8, 4) is 11.5 Å². The van der Waals surface area contributed by atoms with E-state index in [0.717, 1.165) is 23.1 Å². The van der Waals surface area contributed by atoms with Gasteiger partial charge in [-0.25, -0.2) is 4.98 Å². The summed E-state index contributed by atoms with van der Waals surface area (Å²) in [6.45, 7) is 2.05. The number of aryl methyl sites for hydroxylation is 1. The zero-order valence-electron chi connectivity index (χ0n) is 10.8. The van der Waals surface area contributed by atoms with Crippen molar-refractivity contribution in [2.45, 2.75) is 32.6 Å². The summed E-state index contributed by atoms with van der Waals surface area (Å²) in [6, 6.07) is 3.82. The third-order valence-corrected chi connectivity index (χ3v) is 3.49. The zero-order chi connectivity index (χ0) is 13.4. The quantitative estimate of drug-likeness (QED) is 0.838. The zero-order valence-corrected chi connectivity index (χ0v) is 10.8. The van der Waals surface area contributed by atoms with Crippen molar-refractivity contribution >= 4 is 5.78 Å². The summed E-state index contributed by atoms with van der Waals surface area (Å²) in [5.41, 5.74) is 2.73. The molecule has 0 saturated carbocycles. The third kappa shape index (κ3) is 1.91. The van der Waals surface area contributed by atoms with Crippen molar-refractivity contribution in [3.63, 3.8) is 0 Å². The number of fused-ring (bicyclic) bond motifs is 1. The van der Waals surface area contributed by atoms with E-state index in [1.807, 2.05) is 12.1 Å². The molecule has 2 heterocycles. The first kappa shape index (κ1) is 11.9. The maximum absolute atomic E-state index is 11.8. The Kier molecular flexibility index (Phi) is 2.81. The molecule has 2 aromatic heterocycles. The first-order chi connectivity index (χ1) is 9.20. The number of carbonyl (C=O) groups is 1. The monoisotopic (exact) mass is 257 g/mol. The second kappa shape index (κ2) is 4.50. The van der Waals surface area contributed by atoms with Crippen LogP contribution in [0.2, 0.25) is 0 Å². The van der Waals surface area contributed by atoms with E-state index in [4.69, 9.17) is 0 Å². The highest BCUT2D eigenvalue weighted by molar-refractivity contribution is 5.96. The lowest BCUT2D eigenvalue weighted by Crippen LogP contribution is -2.12. The van der Waals surface area contributed by atoms with Gasteiger partial charge in [0.25, 0.3) is 0 Å². The standard InChI is InChI=1S/C14H15N3O2/c1-2-9-6-7-15-10(8-9)14-16-13-11(17(14)19)4-3-5-12(13)18/h6-8,19H,2-5H2,1H3. The molecule has 0 aromatic carbocycles. The lowest BCUT2D eigenvalue weighted by molar-refractivity contribution is 0.0960. The minimum absolute atomic E-state index is 0.00180. The van der Waals surface area contributed by atoms with Gasteiger partial charge in [-0.1, -0.05) is 6.92 Å². The van der Waals surface area contributed by atoms with Crippen molar-refractivity contribution in [1.82, 2.24) is 14.7 Å². The van der Waals surface area contributed by atoms with E-state index in [1.54, 1.807) is 6.20 Å². The van der Waals surface area contributed by atoms with Crippen LogP contribution in [-0.4, -0.2) is 25.7 Å². The number of nitrogens with zero attached hydrogens (tertiary/aromatic N) is 3. The maximum atomic E-state index is 11.8. The fourth-order valence-electron chi connectivity index (χ4n) is 2.41. The summed E-state index contributed by atoms with van der Waals surface area (Å²) in [5.74, 6) is 0.359. The van der Waals surface area contributed by atoms with Gasteiger partial charge in [0.15, 0.2) is 11.6 Å². The molecule has 0 aliphatic heterocycles. The Morgan fingerprint density at radius 3 is 3.00 bits per heavy atom. The first-order valence-electron chi connectivity index (χ1n) is 6.50. The van der Waals surface area contributed by atoms with Gasteiger partial charge in [0.2, 0.25) is 0 Å². The third-order valence-electron chi connectivity index (χ3n) is 3.49. The average molecular weight is 257 g/mol. The van der Waals surface area contributed by atoms with Crippen LogP contribution in [0.25, 0.3) is 11.5 Å². The fourth-order valence-corrected chi connectivity index (χ4v) is 2.41. The highest BCUT2D eigenvalue weighted by Crippen LogP contribution is 2.26. The first-order valence-corrected chi connectivity index (χ1v) is 6.50. The molecule has 0 atom stereocenters. The molecule has 1 aliphatic carbocycles. The molecule has 0 saturated heterocycles. The SMILES string of the molecule is CCc1ccnc(-c2nc3c(n2O)CCCC3=O)c1. The summed E-state index contributed by atoms with van der Waals surface area (Å²) < 4.78 is 1.02. The molecule has 0 radical (unpaired) electrons. The van der Waals surface area contributed by atoms with E-state index in [-0.39, 0.29) is 5.78 Å². The summed E-state index contributed by atoms with van der Waals surface area (Å²) in [5, 5.41) is 10.2. The van der Waals surface area contributed by atoms with Crippen molar-refractivity contribution in [2.75, 3.05) is 0 Å². The van der Waals surface area contributed by atoms with E-state index in [9.17, 15) is 10.0 Å². The van der Waals surface area contributed by atoms with Crippen LogP contribution in [0.15, 0.2) is 18.3 Å². The smallest absolute Gasteiger partial charge is 0.194 e. The van der Waals surface area contributed by atoms with Gasteiger partial charge in [0, 0.05) is 12.6 Å². The lowest BCUT2D eigenvalue weighted by Gasteiger charge is -2.09. The molecule has 2 aromatic rings. The molecule has 0 bridgehead atoms. The molecular weight excluding hydrogens is 242 g/mol. The minimum Gasteiger partial charge on any atom is -0.427 e. The van der Waals surface area contributed by atoms with E-state index in [0.29, 0.717) is 35.7 Å². The van der Waals surface area contributed by atoms with Gasteiger partial charge in [-0.05, 0) is 37.0 Å². The van der Waals surface area contributed by atoms with Crippen LogP contribution in [0.1, 0.15) is 41.5 Å². The molecule has 0 spiro atoms. The molecule has 98 valence electrons. The van der Waals surface area contributed by atoms with Crippen LogP contribution >= 0.6 is 0 Å². The largest absolute Gasteiger partial charge is 0.427 e. The number of ketones is 1. The van der Waals surface area contributed by atoms with E-state index >= 15 is 0 Å². The van der Waals surface area contributed by atoms with Crippen LogP contribution < -0.4 is 0 Å². The van der Waals surface area contributed by atoms with Crippen LogP contribution in [0.3, 0.4) is 0 Å². The Hall–Kier alpha value is -2.17. The Morgan fingerprint density at radius 1 is 1.42 bits per heavy atom. The second-order valence-corrected chi connectivity index (χ2v) is 4.72. The highest BCUT2D eigenvalue weighted by Gasteiger charge is 2.26. The number of carbonyl (C=O) groups excluding carboxylic acids is 1. The molecule has 3 rings (SSSR count). The van der Waals surface area contributed by atoms with Crippen LogP contribution in [0, 0.1) is 0 Å². The van der Waals surface area contributed by atoms with Crippen molar-refractivity contribution in [2.24, 2.45) is 0 Å². The van der Waals surface area contributed by atoms with Crippen LogP contribution in [0.5, 0.6) is 0 Å². The summed E-state index contributed by atoms with van der Waals surface area (Å²) in [7, 11) is 0. The fraction of sp³-hybridized carbons (Fsp3) is 0.357. The van der Waals surface area contributed by atoms with Gasteiger partial charge < -0.3 is 5.21 Å². The van der Waals surface area contributed by atoms with Gasteiger partial charge in [0.05, 0.1) is 5.69 Å². The maximum Gasteiger partial charge on any atom is 0.194 e. The Labute approximate surface area is 110 Å². The number of rotatable bonds is 2. The lowest BCUT2D eigenvalue weighted by atomic mass is 10.0. The van der Waals surface area contributed by atoms with E-state index < -0.39 is 0 Å². The molecular formula is C14H15N3O2. The number of hydrogen-bond donors (Lipinski definition) is 1. The van der Waals surface area contributed by atoms with Gasteiger partial charge in [-0.15, -0.1) is 0 Å². The normalized spacial score (nSPS) is 14.5. The number of pyridine rings is 1. The minimum atomic E-state index is 0.00180. The van der Waals surface area contributed by atoms with Crippen molar-refractivity contribution in [3.05, 3.63) is 35.3 Å². The number of aromatic nitrogens is 3. The Balaban J connectivity index is 2.13. The van der Waals surface area contributed by atoms with Crippen LogP contribution in [0.4, 0.5) is 0 Å². The van der Waals surface area contributed by atoms with Crippen molar-refractivity contribution in [1.29, 1.82) is 0 Å². The second-order valence-electron chi connectivity index (χ2n) is 4.72. The van der Waals surface area contributed by atoms with E-state index in [2.05, 4.69) is 16.9 Å². The number of imidazole rings is 1. The Bertz CT molecular complexity index is 646. The number of hydrogen-bond acceptors (Lipinski definition) is 4. The number of Topliss-reactive ketones (excluding diaryl/α,β-unsaturated/α-hetero) is 1. The molecule has 19 heavy (non-hydrogen) atoms. The molecule has 5 heteroatoms.